The van der Waals surface area contributed by atoms with Crippen LogP contribution in [0.2, 0.25) is 0 Å². The molecule has 1 saturated carbocycles. The van der Waals surface area contributed by atoms with Crippen LogP contribution in [0.5, 0.6) is 0 Å². The largest absolute Gasteiger partial charge is 0.364 e. The van der Waals surface area contributed by atoms with Gasteiger partial charge in [-0.3, -0.25) is 10.1 Å². The van der Waals surface area contributed by atoms with E-state index in [0.29, 0.717) is 18.3 Å². The fraction of sp³-hybridized carbons (Fsp3) is 0.286. The number of anilines is 1. The van der Waals surface area contributed by atoms with E-state index in [1.807, 2.05) is 16.8 Å². The second kappa shape index (κ2) is 5.20. The first-order chi connectivity index (χ1) is 9.63. The molecule has 0 aliphatic heterocycles. The minimum Gasteiger partial charge on any atom is -0.364 e. The van der Waals surface area contributed by atoms with Gasteiger partial charge in [0.05, 0.1) is 11.0 Å². The molecule has 1 fully saturated rings. The van der Waals surface area contributed by atoms with Crippen molar-refractivity contribution in [2.75, 3.05) is 4.90 Å². The molecule has 2 aromatic rings. The Labute approximate surface area is 119 Å². The zero-order chi connectivity index (χ0) is 14.1. The number of hydrogen-bond acceptors (Lipinski definition) is 4. The molecule has 4 nitrogen and oxygen atoms in total. The van der Waals surface area contributed by atoms with E-state index in [0.717, 1.165) is 24.5 Å². The maximum absolute atomic E-state index is 13.6. The van der Waals surface area contributed by atoms with Crippen LogP contribution >= 0.6 is 11.3 Å². The molecule has 6 heteroatoms. The molecule has 0 amide bonds. The first-order valence-electron chi connectivity index (χ1n) is 6.36. The summed E-state index contributed by atoms with van der Waals surface area (Å²) in [5, 5.41) is 14.9. The highest BCUT2D eigenvalue weighted by Crippen LogP contribution is 2.35. The van der Waals surface area contributed by atoms with Crippen LogP contribution in [0.15, 0.2) is 35.0 Å². The van der Waals surface area contributed by atoms with Crippen LogP contribution in [0.1, 0.15) is 18.4 Å². The van der Waals surface area contributed by atoms with Gasteiger partial charge in [0.15, 0.2) is 0 Å². The average Bonchev–Trinajstić information content (AvgIpc) is 3.12. The normalized spacial score (nSPS) is 14.2. The molecular weight excluding hydrogens is 279 g/mol. The minimum atomic E-state index is -0.565. The highest BCUT2D eigenvalue weighted by atomic mass is 32.1. The minimum absolute atomic E-state index is 0.198. The van der Waals surface area contributed by atoms with Crippen LogP contribution in [0.25, 0.3) is 0 Å². The third-order valence-electron chi connectivity index (χ3n) is 3.33. The van der Waals surface area contributed by atoms with Crippen molar-refractivity contribution in [2.24, 2.45) is 0 Å². The van der Waals surface area contributed by atoms with Crippen molar-refractivity contribution >= 4 is 22.7 Å². The molecule has 1 aliphatic rings. The molecule has 1 aromatic carbocycles. The molecule has 3 rings (SSSR count). The maximum atomic E-state index is 13.6. The third kappa shape index (κ3) is 2.80. The van der Waals surface area contributed by atoms with Gasteiger partial charge >= 0.3 is 0 Å². The molecule has 0 bridgehead atoms. The molecule has 0 saturated heterocycles. The lowest BCUT2D eigenvalue weighted by Gasteiger charge is -2.24. The van der Waals surface area contributed by atoms with Gasteiger partial charge in [0.25, 0.3) is 5.69 Å². The molecule has 1 aromatic heterocycles. The van der Waals surface area contributed by atoms with Crippen LogP contribution in [0, 0.1) is 15.9 Å². The van der Waals surface area contributed by atoms with Crippen molar-refractivity contribution in [3.8, 4) is 0 Å². The van der Waals surface area contributed by atoms with Gasteiger partial charge in [0, 0.05) is 24.3 Å². The predicted molar refractivity (Wildman–Crippen MR) is 76.6 cm³/mol. The molecule has 0 N–H and O–H groups in total. The van der Waals surface area contributed by atoms with E-state index in [2.05, 4.69) is 4.90 Å². The van der Waals surface area contributed by atoms with E-state index >= 15 is 0 Å². The number of rotatable bonds is 5. The van der Waals surface area contributed by atoms with Gasteiger partial charge in [-0.25, -0.2) is 4.39 Å². The summed E-state index contributed by atoms with van der Waals surface area (Å²) >= 11 is 1.61. The quantitative estimate of drug-likeness (QED) is 0.619. The van der Waals surface area contributed by atoms with Gasteiger partial charge in [-0.1, -0.05) is 0 Å². The van der Waals surface area contributed by atoms with Crippen LogP contribution < -0.4 is 4.90 Å². The summed E-state index contributed by atoms with van der Waals surface area (Å²) in [6, 6.07) is 6.16. The van der Waals surface area contributed by atoms with Crippen LogP contribution in [0.4, 0.5) is 15.8 Å². The molecule has 0 spiro atoms. The second-order valence-corrected chi connectivity index (χ2v) is 5.70. The Morgan fingerprint density at radius 1 is 1.40 bits per heavy atom. The number of halogens is 1. The molecule has 0 atom stereocenters. The smallest absolute Gasteiger partial charge is 0.274 e. The Balaban J connectivity index is 1.93. The van der Waals surface area contributed by atoms with Crippen molar-refractivity contribution in [1.82, 2.24) is 0 Å². The number of nitro groups is 1. The van der Waals surface area contributed by atoms with E-state index < -0.39 is 10.7 Å². The first-order valence-corrected chi connectivity index (χ1v) is 7.30. The van der Waals surface area contributed by atoms with Gasteiger partial charge in [0.2, 0.25) is 0 Å². The summed E-state index contributed by atoms with van der Waals surface area (Å²) in [5.41, 5.74) is 1.54. The zero-order valence-corrected chi connectivity index (χ0v) is 11.5. The first kappa shape index (κ1) is 13.1. The lowest BCUT2D eigenvalue weighted by atomic mass is 10.2. The molecule has 20 heavy (non-hydrogen) atoms. The molecule has 1 aliphatic carbocycles. The Morgan fingerprint density at radius 2 is 2.20 bits per heavy atom. The van der Waals surface area contributed by atoms with Gasteiger partial charge < -0.3 is 4.90 Å². The summed E-state index contributed by atoms with van der Waals surface area (Å²) in [6.07, 6.45) is 2.10. The lowest BCUT2D eigenvalue weighted by molar-refractivity contribution is -0.385. The zero-order valence-electron chi connectivity index (χ0n) is 10.7. The second-order valence-electron chi connectivity index (χ2n) is 4.92. The van der Waals surface area contributed by atoms with Crippen LogP contribution in [0.3, 0.4) is 0 Å². The van der Waals surface area contributed by atoms with E-state index in [1.165, 1.54) is 12.1 Å². The highest BCUT2D eigenvalue weighted by Gasteiger charge is 2.30. The summed E-state index contributed by atoms with van der Waals surface area (Å²) in [7, 11) is 0. The number of nitro benzene ring substituents is 1. The van der Waals surface area contributed by atoms with Gasteiger partial charge in [-0.05, 0) is 41.3 Å². The van der Waals surface area contributed by atoms with E-state index in [9.17, 15) is 14.5 Å². The number of hydrogen-bond donors (Lipinski definition) is 0. The number of thiophene rings is 1. The SMILES string of the molecule is O=[N+]([O-])c1cc(F)cc(N(Cc2ccsc2)C2CC2)c1. The Kier molecular flexibility index (Phi) is 3.40. The Bertz CT molecular complexity index is 626. The number of non-ortho nitro benzene ring substituents is 1. The van der Waals surface area contributed by atoms with Gasteiger partial charge in [0.1, 0.15) is 5.82 Å². The third-order valence-corrected chi connectivity index (χ3v) is 4.06. The monoisotopic (exact) mass is 292 g/mol. The standard InChI is InChI=1S/C14H13FN2O2S/c15-11-5-13(7-14(6-11)17(18)19)16(12-1-2-12)8-10-3-4-20-9-10/h3-7,9,12H,1-2,8H2. The maximum Gasteiger partial charge on any atom is 0.274 e. The molecule has 104 valence electrons. The van der Waals surface area contributed by atoms with Crippen molar-refractivity contribution in [3.63, 3.8) is 0 Å². The topological polar surface area (TPSA) is 46.4 Å². The molecule has 0 radical (unpaired) electrons. The van der Waals surface area contributed by atoms with Crippen LogP contribution in [-0.2, 0) is 6.54 Å². The van der Waals surface area contributed by atoms with Crippen molar-refractivity contribution in [3.05, 3.63) is 56.5 Å². The summed E-state index contributed by atoms with van der Waals surface area (Å²) in [6.45, 7) is 0.661. The Morgan fingerprint density at radius 3 is 2.80 bits per heavy atom. The summed E-state index contributed by atoms with van der Waals surface area (Å²) in [5.74, 6) is -0.565. The number of benzene rings is 1. The van der Waals surface area contributed by atoms with Gasteiger partial charge in [-0.2, -0.15) is 11.3 Å². The van der Waals surface area contributed by atoms with E-state index in [-0.39, 0.29) is 5.69 Å². The fourth-order valence-corrected chi connectivity index (χ4v) is 2.89. The summed E-state index contributed by atoms with van der Waals surface area (Å²) < 4.78 is 13.6. The summed E-state index contributed by atoms with van der Waals surface area (Å²) in [4.78, 5) is 12.4. The highest BCUT2D eigenvalue weighted by molar-refractivity contribution is 7.07. The van der Waals surface area contributed by atoms with E-state index in [4.69, 9.17) is 0 Å². The average molecular weight is 292 g/mol. The van der Waals surface area contributed by atoms with E-state index in [1.54, 1.807) is 11.3 Å². The number of nitrogens with zero attached hydrogens (tertiary/aromatic N) is 2. The van der Waals surface area contributed by atoms with Crippen LogP contribution in [-0.4, -0.2) is 11.0 Å². The van der Waals surface area contributed by atoms with Gasteiger partial charge in [-0.15, -0.1) is 0 Å². The fourth-order valence-electron chi connectivity index (χ4n) is 2.23. The Hall–Kier alpha value is -1.95. The molecular formula is C14H13FN2O2S. The lowest BCUT2D eigenvalue weighted by Crippen LogP contribution is -2.24. The predicted octanol–water partition coefficient (Wildman–Crippen LogP) is 3.96. The van der Waals surface area contributed by atoms with Crippen molar-refractivity contribution in [2.45, 2.75) is 25.4 Å². The molecule has 0 unspecified atom stereocenters. The van der Waals surface area contributed by atoms with Crippen molar-refractivity contribution in [1.29, 1.82) is 0 Å². The van der Waals surface area contributed by atoms with Crippen molar-refractivity contribution < 1.29 is 9.31 Å². The molecule has 1 heterocycles.